The highest BCUT2D eigenvalue weighted by Gasteiger charge is 2.30. The Morgan fingerprint density at radius 2 is 1.65 bits per heavy atom. The van der Waals surface area contributed by atoms with Crippen LogP contribution in [-0.4, -0.2) is 4.98 Å². The second kappa shape index (κ2) is 6.54. The number of benzene rings is 2. The lowest BCUT2D eigenvalue weighted by Gasteiger charge is -2.22. The van der Waals surface area contributed by atoms with Crippen LogP contribution in [0.3, 0.4) is 0 Å². The number of fused-ring (bicyclic) bond motifs is 1. The van der Waals surface area contributed by atoms with E-state index in [9.17, 15) is 0 Å². The fourth-order valence-corrected chi connectivity index (χ4v) is 3.77. The molecule has 4 rings (SSSR count). The number of rotatable bonds is 4. The molecule has 0 bridgehead atoms. The van der Waals surface area contributed by atoms with Crippen LogP contribution in [0.15, 0.2) is 48.5 Å². The molecule has 0 atom stereocenters. The van der Waals surface area contributed by atoms with E-state index < -0.39 is 0 Å². The van der Waals surface area contributed by atoms with Crippen LogP contribution >= 0.6 is 0 Å². The minimum absolute atomic E-state index is 0.330. The zero-order valence-electron chi connectivity index (χ0n) is 16.5. The first-order valence-corrected chi connectivity index (χ1v) is 9.91. The van der Waals surface area contributed by atoms with Gasteiger partial charge in [-0.05, 0) is 60.8 Å². The fraction of sp³-hybridized carbons (Fsp3) is 0.400. The summed E-state index contributed by atoms with van der Waals surface area (Å²) in [6.07, 6.45) is 4.88. The van der Waals surface area contributed by atoms with E-state index in [0.717, 1.165) is 11.9 Å². The zero-order chi connectivity index (χ0) is 18.3. The number of nitrogens with zero attached hydrogens (tertiary/aromatic N) is 1. The van der Waals surface area contributed by atoms with Crippen LogP contribution in [0.4, 0.5) is 0 Å². The Morgan fingerprint density at radius 1 is 0.962 bits per heavy atom. The maximum Gasteiger partial charge on any atom is 0.0711 e. The third-order valence-electron chi connectivity index (χ3n) is 5.45. The molecule has 1 saturated carbocycles. The van der Waals surface area contributed by atoms with Crippen LogP contribution in [-0.2, 0) is 6.42 Å². The highest BCUT2D eigenvalue weighted by atomic mass is 14.7. The predicted molar refractivity (Wildman–Crippen MR) is 112 cm³/mol. The molecule has 0 radical (unpaired) electrons. The Morgan fingerprint density at radius 3 is 2.31 bits per heavy atom. The summed E-state index contributed by atoms with van der Waals surface area (Å²) in [5.74, 6) is 0.666. The molecule has 1 heteroatoms. The van der Waals surface area contributed by atoms with E-state index in [1.165, 1.54) is 52.6 Å². The summed E-state index contributed by atoms with van der Waals surface area (Å²) in [5.41, 5.74) is 8.39. The lowest BCUT2D eigenvalue weighted by Crippen LogP contribution is -2.09. The van der Waals surface area contributed by atoms with Crippen molar-refractivity contribution in [3.05, 3.63) is 65.4 Å². The monoisotopic (exact) mass is 343 g/mol. The van der Waals surface area contributed by atoms with E-state index >= 15 is 0 Å². The van der Waals surface area contributed by atoms with Gasteiger partial charge in [-0.25, -0.2) is 0 Å². The molecular weight excluding hydrogens is 314 g/mol. The second-order valence-electron chi connectivity index (χ2n) is 9.07. The van der Waals surface area contributed by atoms with Gasteiger partial charge in [0, 0.05) is 17.0 Å². The fourth-order valence-electron chi connectivity index (χ4n) is 3.77. The lowest BCUT2D eigenvalue weighted by atomic mass is 9.84. The van der Waals surface area contributed by atoms with Crippen LogP contribution in [0.1, 0.15) is 62.8 Å². The van der Waals surface area contributed by atoms with Gasteiger partial charge >= 0.3 is 0 Å². The number of hydrogen-bond donors (Lipinski definition) is 0. The summed E-state index contributed by atoms with van der Waals surface area (Å²) < 4.78 is 0. The molecule has 0 spiro atoms. The standard InChI is InChI=1S/C25H29N/c1-17-9-11-18(12-10-17)23-20-7-5-6-8-22(20)26-24(19-13-14-19)21(23)15-16-25(2,3)4/h5-12,19H,13-16H2,1-4H3. The third kappa shape index (κ3) is 3.53. The summed E-state index contributed by atoms with van der Waals surface area (Å²) in [6.45, 7) is 9.17. The Bertz CT molecular complexity index is 925. The van der Waals surface area contributed by atoms with E-state index in [-0.39, 0.29) is 0 Å². The normalized spacial score (nSPS) is 14.8. The van der Waals surface area contributed by atoms with E-state index in [1.807, 2.05) is 0 Å². The van der Waals surface area contributed by atoms with Crippen LogP contribution < -0.4 is 0 Å². The second-order valence-corrected chi connectivity index (χ2v) is 9.07. The van der Waals surface area contributed by atoms with Crippen molar-refractivity contribution in [2.75, 3.05) is 0 Å². The number of para-hydroxylation sites is 1. The average Bonchev–Trinajstić information content (AvgIpc) is 3.44. The van der Waals surface area contributed by atoms with Crippen molar-refractivity contribution in [3.8, 4) is 11.1 Å². The van der Waals surface area contributed by atoms with E-state index in [4.69, 9.17) is 4.98 Å². The molecule has 1 aromatic heterocycles. The molecule has 3 aromatic rings. The molecule has 0 unspecified atom stereocenters. The molecule has 1 heterocycles. The first-order valence-electron chi connectivity index (χ1n) is 9.91. The van der Waals surface area contributed by atoms with Gasteiger partial charge in [0.2, 0.25) is 0 Å². The summed E-state index contributed by atoms with van der Waals surface area (Å²) in [5, 5.41) is 1.30. The van der Waals surface area contributed by atoms with E-state index in [2.05, 4.69) is 76.2 Å². The third-order valence-corrected chi connectivity index (χ3v) is 5.45. The first kappa shape index (κ1) is 17.3. The van der Waals surface area contributed by atoms with Gasteiger partial charge in [0.05, 0.1) is 5.52 Å². The van der Waals surface area contributed by atoms with Crippen molar-refractivity contribution in [2.45, 2.75) is 59.3 Å². The Labute approximate surface area is 157 Å². The van der Waals surface area contributed by atoms with Crippen molar-refractivity contribution in [2.24, 2.45) is 5.41 Å². The minimum Gasteiger partial charge on any atom is -0.252 e. The molecule has 0 amide bonds. The van der Waals surface area contributed by atoms with Gasteiger partial charge in [0.15, 0.2) is 0 Å². The molecule has 1 nitrogen and oxygen atoms in total. The van der Waals surface area contributed by atoms with Gasteiger partial charge in [0.25, 0.3) is 0 Å². The molecule has 1 fully saturated rings. The van der Waals surface area contributed by atoms with Gasteiger partial charge in [-0.3, -0.25) is 4.98 Å². The largest absolute Gasteiger partial charge is 0.252 e. The molecule has 134 valence electrons. The van der Waals surface area contributed by atoms with Crippen molar-refractivity contribution in [1.82, 2.24) is 4.98 Å². The number of aromatic nitrogens is 1. The average molecular weight is 344 g/mol. The molecule has 1 aliphatic carbocycles. The SMILES string of the molecule is Cc1ccc(-c2c(CCC(C)(C)C)c(C3CC3)nc3ccccc23)cc1. The van der Waals surface area contributed by atoms with Crippen molar-refractivity contribution in [3.63, 3.8) is 0 Å². The molecule has 26 heavy (non-hydrogen) atoms. The van der Waals surface area contributed by atoms with Crippen LogP contribution in [0.25, 0.3) is 22.0 Å². The van der Waals surface area contributed by atoms with Crippen LogP contribution in [0, 0.1) is 12.3 Å². The molecule has 2 aromatic carbocycles. The van der Waals surface area contributed by atoms with E-state index in [0.29, 0.717) is 11.3 Å². The summed E-state index contributed by atoms with van der Waals surface area (Å²) in [6, 6.07) is 17.7. The molecule has 1 aliphatic rings. The lowest BCUT2D eigenvalue weighted by molar-refractivity contribution is 0.378. The van der Waals surface area contributed by atoms with Gasteiger partial charge in [-0.2, -0.15) is 0 Å². The smallest absolute Gasteiger partial charge is 0.0711 e. The Balaban J connectivity index is 1.96. The molecule has 0 saturated heterocycles. The summed E-state index contributed by atoms with van der Waals surface area (Å²) in [7, 11) is 0. The van der Waals surface area contributed by atoms with Crippen molar-refractivity contribution >= 4 is 10.9 Å². The maximum absolute atomic E-state index is 5.14. The molecular formula is C25H29N. The highest BCUT2D eigenvalue weighted by molar-refractivity contribution is 5.96. The van der Waals surface area contributed by atoms with Gasteiger partial charge < -0.3 is 0 Å². The van der Waals surface area contributed by atoms with Crippen LogP contribution in [0.2, 0.25) is 0 Å². The van der Waals surface area contributed by atoms with Crippen molar-refractivity contribution in [1.29, 1.82) is 0 Å². The van der Waals surface area contributed by atoms with E-state index in [1.54, 1.807) is 0 Å². The molecule has 0 aliphatic heterocycles. The van der Waals surface area contributed by atoms with Crippen LogP contribution in [0.5, 0.6) is 0 Å². The van der Waals surface area contributed by atoms with Gasteiger partial charge in [-0.15, -0.1) is 0 Å². The minimum atomic E-state index is 0.330. The predicted octanol–water partition coefficient (Wildman–Crippen LogP) is 7.07. The first-order chi connectivity index (χ1) is 12.4. The summed E-state index contributed by atoms with van der Waals surface area (Å²) in [4.78, 5) is 5.14. The summed E-state index contributed by atoms with van der Waals surface area (Å²) >= 11 is 0. The zero-order valence-corrected chi connectivity index (χ0v) is 16.5. The quantitative estimate of drug-likeness (QED) is 0.494. The Kier molecular flexibility index (Phi) is 4.34. The maximum atomic E-state index is 5.14. The highest BCUT2D eigenvalue weighted by Crippen LogP contribution is 2.45. The molecule has 0 N–H and O–H groups in total. The van der Waals surface area contributed by atoms with Crippen molar-refractivity contribution < 1.29 is 0 Å². The number of aryl methyl sites for hydroxylation is 1. The van der Waals surface area contributed by atoms with Gasteiger partial charge in [-0.1, -0.05) is 68.8 Å². The number of hydrogen-bond acceptors (Lipinski definition) is 1. The number of pyridine rings is 1. The Hall–Kier alpha value is -2.15. The topological polar surface area (TPSA) is 12.9 Å². The van der Waals surface area contributed by atoms with Gasteiger partial charge in [0.1, 0.15) is 0 Å².